The van der Waals surface area contributed by atoms with Crippen LogP contribution >= 0.6 is 11.6 Å². The number of hydrogen-bond acceptors (Lipinski definition) is 4. The molecule has 0 atom stereocenters. The minimum Gasteiger partial charge on any atom is -0.493 e. The molecule has 2 amide bonds. The molecule has 0 bridgehead atoms. The summed E-state index contributed by atoms with van der Waals surface area (Å²) >= 11 is 5.81. The SMILES string of the molecule is COc1ccc(C(=O)NCCNC(=O)/C=C/c2ccc(Cl)cc2)cc1OC. The van der Waals surface area contributed by atoms with Crippen LogP contribution in [0.3, 0.4) is 0 Å². The maximum absolute atomic E-state index is 12.2. The predicted molar refractivity (Wildman–Crippen MR) is 105 cm³/mol. The van der Waals surface area contributed by atoms with Gasteiger partial charge >= 0.3 is 0 Å². The van der Waals surface area contributed by atoms with E-state index in [0.29, 0.717) is 35.2 Å². The first-order chi connectivity index (χ1) is 13.0. The van der Waals surface area contributed by atoms with Crippen molar-refractivity contribution >= 4 is 29.5 Å². The van der Waals surface area contributed by atoms with Gasteiger partial charge in [0, 0.05) is 29.8 Å². The third kappa shape index (κ3) is 6.34. The standard InChI is InChI=1S/C20H21ClN2O4/c1-26-17-9-6-15(13-18(17)27-2)20(25)23-12-11-22-19(24)10-5-14-3-7-16(21)8-4-14/h3-10,13H,11-12H2,1-2H3,(H,22,24)(H,23,25)/b10-5+. The molecular formula is C20H21ClN2O4. The van der Waals surface area contributed by atoms with Crippen LogP contribution in [0, 0.1) is 0 Å². The second-order valence-corrected chi connectivity index (χ2v) is 5.94. The van der Waals surface area contributed by atoms with E-state index in [9.17, 15) is 9.59 Å². The number of rotatable bonds is 8. The molecule has 6 nitrogen and oxygen atoms in total. The van der Waals surface area contributed by atoms with E-state index in [1.807, 2.05) is 12.1 Å². The van der Waals surface area contributed by atoms with E-state index < -0.39 is 0 Å². The number of nitrogens with one attached hydrogen (secondary N) is 2. The molecule has 142 valence electrons. The molecule has 7 heteroatoms. The Bertz CT molecular complexity index is 819. The van der Waals surface area contributed by atoms with Crippen LogP contribution in [-0.2, 0) is 4.79 Å². The highest BCUT2D eigenvalue weighted by atomic mass is 35.5. The number of carbonyl (C=O) groups is 2. The fraction of sp³-hybridized carbons (Fsp3) is 0.200. The number of hydrogen-bond donors (Lipinski definition) is 2. The highest BCUT2D eigenvalue weighted by Gasteiger charge is 2.10. The largest absolute Gasteiger partial charge is 0.493 e. The quantitative estimate of drug-likeness (QED) is 0.538. The van der Waals surface area contributed by atoms with Crippen LogP contribution in [0.25, 0.3) is 6.08 Å². The minimum atomic E-state index is -0.262. The molecule has 27 heavy (non-hydrogen) atoms. The molecule has 2 rings (SSSR count). The molecule has 0 unspecified atom stereocenters. The Morgan fingerprint density at radius 3 is 2.30 bits per heavy atom. The van der Waals surface area contributed by atoms with Gasteiger partial charge in [-0.25, -0.2) is 0 Å². The van der Waals surface area contributed by atoms with Gasteiger partial charge in [0.2, 0.25) is 5.91 Å². The van der Waals surface area contributed by atoms with Crippen LogP contribution < -0.4 is 20.1 Å². The van der Waals surface area contributed by atoms with E-state index in [1.165, 1.54) is 20.3 Å². The molecule has 0 aromatic heterocycles. The van der Waals surface area contributed by atoms with Gasteiger partial charge in [0.05, 0.1) is 14.2 Å². The molecule has 0 heterocycles. The maximum Gasteiger partial charge on any atom is 0.251 e. The Morgan fingerprint density at radius 2 is 1.63 bits per heavy atom. The van der Waals surface area contributed by atoms with Gasteiger partial charge in [-0.2, -0.15) is 0 Å². The summed E-state index contributed by atoms with van der Waals surface area (Å²) in [7, 11) is 3.04. The lowest BCUT2D eigenvalue weighted by Gasteiger charge is -2.10. The van der Waals surface area contributed by atoms with Crippen LogP contribution in [0.4, 0.5) is 0 Å². The third-order valence-electron chi connectivity index (χ3n) is 3.65. The van der Waals surface area contributed by atoms with Crippen LogP contribution in [-0.4, -0.2) is 39.1 Å². The summed E-state index contributed by atoms with van der Waals surface area (Å²) in [5.74, 6) is 0.520. The summed E-state index contributed by atoms with van der Waals surface area (Å²) < 4.78 is 10.3. The average Bonchev–Trinajstić information content (AvgIpc) is 2.70. The lowest BCUT2D eigenvalue weighted by molar-refractivity contribution is -0.116. The number of methoxy groups -OCH3 is 2. The predicted octanol–water partition coefficient (Wildman–Crippen LogP) is 2.92. The number of ether oxygens (including phenoxy) is 2. The van der Waals surface area contributed by atoms with Gasteiger partial charge in [-0.15, -0.1) is 0 Å². The summed E-state index contributed by atoms with van der Waals surface area (Å²) in [4.78, 5) is 23.9. The second kappa shape index (κ2) is 10.2. The monoisotopic (exact) mass is 388 g/mol. The Balaban J connectivity index is 1.76. The van der Waals surface area contributed by atoms with Crippen molar-refractivity contribution in [3.8, 4) is 11.5 Å². The van der Waals surface area contributed by atoms with Crippen LogP contribution in [0.2, 0.25) is 5.02 Å². The fourth-order valence-electron chi connectivity index (χ4n) is 2.25. The van der Waals surface area contributed by atoms with Crippen molar-refractivity contribution in [1.82, 2.24) is 10.6 Å². The van der Waals surface area contributed by atoms with E-state index in [-0.39, 0.29) is 11.8 Å². The van der Waals surface area contributed by atoms with Crippen molar-refractivity contribution in [3.63, 3.8) is 0 Å². The Labute approximate surface area is 163 Å². The lowest BCUT2D eigenvalue weighted by Crippen LogP contribution is -2.34. The molecule has 0 fully saturated rings. The van der Waals surface area contributed by atoms with Gasteiger partial charge in [0.1, 0.15) is 0 Å². The van der Waals surface area contributed by atoms with E-state index in [4.69, 9.17) is 21.1 Å². The topological polar surface area (TPSA) is 76.7 Å². The Kier molecular flexibility index (Phi) is 7.70. The molecule has 0 aliphatic heterocycles. The van der Waals surface area contributed by atoms with Crippen molar-refractivity contribution in [2.75, 3.05) is 27.3 Å². The van der Waals surface area contributed by atoms with Gasteiger partial charge < -0.3 is 20.1 Å². The summed E-state index contributed by atoms with van der Waals surface area (Å²) in [5, 5.41) is 6.08. The van der Waals surface area contributed by atoms with Crippen molar-refractivity contribution in [2.24, 2.45) is 0 Å². The van der Waals surface area contributed by atoms with Crippen molar-refractivity contribution in [2.45, 2.75) is 0 Å². The van der Waals surface area contributed by atoms with Crippen molar-refractivity contribution in [3.05, 3.63) is 64.7 Å². The van der Waals surface area contributed by atoms with Gasteiger partial charge in [-0.1, -0.05) is 23.7 Å². The molecule has 2 N–H and O–H groups in total. The number of benzene rings is 2. The zero-order valence-corrected chi connectivity index (χ0v) is 15.9. The zero-order chi connectivity index (χ0) is 19.6. The zero-order valence-electron chi connectivity index (χ0n) is 15.1. The third-order valence-corrected chi connectivity index (χ3v) is 3.90. The highest BCUT2D eigenvalue weighted by molar-refractivity contribution is 6.30. The summed E-state index contributed by atoms with van der Waals surface area (Å²) in [5.41, 5.74) is 1.32. The van der Waals surface area contributed by atoms with E-state index in [1.54, 1.807) is 36.4 Å². The van der Waals surface area contributed by atoms with Crippen LogP contribution in [0.1, 0.15) is 15.9 Å². The molecule has 0 aliphatic rings. The maximum atomic E-state index is 12.2. The molecule has 2 aromatic carbocycles. The first-order valence-corrected chi connectivity index (χ1v) is 8.63. The summed E-state index contributed by atoms with van der Waals surface area (Å²) in [6, 6.07) is 12.0. The molecule has 2 aromatic rings. The number of halogens is 1. The molecule has 0 aliphatic carbocycles. The molecular weight excluding hydrogens is 368 g/mol. The first-order valence-electron chi connectivity index (χ1n) is 8.25. The van der Waals surface area contributed by atoms with Gasteiger partial charge in [-0.3, -0.25) is 9.59 Å². The van der Waals surface area contributed by atoms with Crippen molar-refractivity contribution in [1.29, 1.82) is 0 Å². The second-order valence-electron chi connectivity index (χ2n) is 5.50. The fourth-order valence-corrected chi connectivity index (χ4v) is 2.37. The highest BCUT2D eigenvalue weighted by Crippen LogP contribution is 2.27. The summed E-state index contributed by atoms with van der Waals surface area (Å²) in [6.07, 6.45) is 3.12. The lowest BCUT2D eigenvalue weighted by atomic mass is 10.2. The van der Waals surface area contributed by atoms with Crippen LogP contribution in [0.15, 0.2) is 48.5 Å². The van der Waals surface area contributed by atoms with Gasteiger partial charge in [0.15, 0.2) is 11.5 Å². The summed E-state index contributed by atoms with van der Waals surface area (Å²) in [6.45, 7) is 0.608. The van der Waals surface area contributed by atoms with Crippen LogP contribution in [0.5, 0.6) is 11.5 Å². The molecule has 0 radical (unpaired) electrons. The molecule has 0 saturated heterocycles. The smallest absolute Gasteiger partial charge is 0.251 e. The Morgan fingerprint density at radius 1 is 0.963 bits per heavy atom. The Hall–Kier alpha value is -2.99. The van der Waals surface area contributed by atoms with Gasteiger partial charge in [-0.05, 0) is 42.0 Å². The first kappa shape index (κ1) is 20.3. The molecule has 0 spiro atoms. The van der Waals surface area contributed by atoms with Gasteiger partial charge in [0.25, 0.3) is 5.91 Å². The minimum absolute atomic E-state index is 0.245. The average molecular weight is 389 g/mol. The van der Waals surface area contributed by atoms with E-state index in [2.05, 4.69) is 10.6 Å². The van der Waals surface area contributed by atoms with Crippen molar-refractivity contribution < 1.29 is 19.1 Å². The van der Waals surface area contributed by atoms with E-state index in [0.717, 1.165) is 5.56 Å². The normalized spacial score (nSPS) is 10.5. The number of amides is 2. The number of carbonyl (C=O) groups excluding carboxylic acids is 2. The van der Waals surface area contributed by atoms with E-state index >= 15 is 0 Å². The molecule has 0 saturated carbocycles.